The predicted molar refractivity (Wildman–Crippen MR) is 116 cm³/mol. The van der Waals surface area contributed by atoms with Crippen molar-refractivity contribution in [2.45, 2.75) is 44.3 Å². The molecule has 1 fully saturated rings. The van der Waals surface area contributed by atoms with Crippen LogP contribution in [0.1, 0.15) is 36.8 Å². The van der Waals surface area contributed by atoms with Crippen molar-refractivity contribution in [3.8, 4) is 0 Å². The van der Waals surface area contributed by atoms with Crippen LogP contribution in [0.2, 0.25) is 0 Å². The molecule has 0 saturated carbocycles. The van der Waals surface area contributed by atoms with Crippen molar-refractivity contribution in [1.82, 2.24) is 9.29 Å². The number of nitrogens with zero attached hydrogens (tertiary/aromatic N) is 2. The number of anilines is 1. The van der Waals surface area contributed by atoms with Crippen molar-refractivity contribution in [3.05, 3.63) is 40.9 Å². The highest BCUT2D eigenvalue weighted by Gasteiger charge is 2.32. The summed E-state index contributed by atoms with van der Waals surface area (Å²) in [6.45, 7) is 6.26. The number of hydrogen-bond acceptors (Lipinski definition) is 8. The fraction of sp³-hybridized carbons (Fsp3) is 0.450. The SMILES string of the molecule is CCOC(=O)Cc1csc(NC(=O)c2ccc(S(=O)(=O)N3C[C@@H](C)O[C@H](C)C3)cc2)n1. The van der Waals surface area contributed by atoms with E-state index in [-0.39, 0.29) is 42.6 Å². The monoisotopic (exact) mass is 467 g/mol. The molecule has 31 heavy (non-hydrogen) atoms. The molecule has 3 rings (SSSR count). The van der Waals surface area contributed by atoms with E-state index in [4.69, 9.17) is 9.47 Å². The van der Waals surface area contributed by atoms with Crippen LogP contribution in [0.25, 0.3) is 0 Å². The Balaban J connectivity index is 1.65. The highest BCUT2D eigenvalue weighted by molar-refractivity contribution is 7.89. The summed E-state index contributed by atoms with van der Waals surface area (Å²) in [6.07, 6.45) is -0.336. The molecule has 2 aromatic rings. The second-order valence-electron chi connectivity index (χ2n) is 7.18. The van der Waals surface area contributed by atoms with Crippen LogP contribution in [0.5, 0.6) is 0 Å². The summed E-state index contributed by atoms with van der Waals surface area (Å²) in [4.78, 5) is 28.3. The van der Waals surface area contributed by atoms with Crippen LogP contribution in [0.15, 0.2) is 34.5 Å². The summed E-state index contributed by atoms with van der Waals surface area (Å²) >= 11 is 1.19. The minimum atomic E-state index is -3.67. The summed E-state index contributed by atoms with van der Waals surface area (Å²) < 4.78 is 37.7. The van der Waals surface area contributed by atoms with Crippen LogP contribution in [-0.2, 0) is 30.7 Å². The van der Waals surface area contributed by atoms with Gasteiger partial charge >= 0.3 is 5.97 Å². The fourth-order valence-electron chi connectivity index (χ4n) is 3.23. The number of hydrogen-bond donors (Lipinski definition) is 1. The maximum Gasteiger partial charge on any atom is 0.311 e. The minimum Gasteiger partial charge on any atom is -0.466 e. The average molecular weight is 468 g/mol. The number of esters is 1. The van der Waals surface area contributed by atoms with E-state index < -0.39 is 15.9 Å². The number of benzene rings is 1. The van der Waals surface area contributed by atoms with Gasteiger partial charge in [0.25, 0.3) is 5.91 Å². The first kappa shape index (κ1) is 23.3. The predicted octanol–water partition coefficient (Wildman–Crippen LogP) is 2.30. The molecule has 1 aliphatic rings. The van der Waals surface area contributed by atoms with Crippen molar-refractivity contribution < 1.29 is 27.5 Å². The first-order valence-corrected chi connectivity index (χ1v) is 12.2. The van der Waals surface area contributed by atoms with E-state index in [0.717, 1.165) is 0 Å². The van der Waals surface area contributed by atoms with Gasteiger partial charge in [0.1, 0.15) is 0 Å². The lowest BCUT2D eigenvalue weighted by Gasteiger charge is -2.34. The number of ether oxygens (including phenoxy) is 2. The summed E-state index contributed by atoms with van der Waals surface area (Å²) in [6, 6.07) is 5.76. The number of sulfonamides is 1. The maximum absolute atomic E-state index is 12.9. The van der Waals surface area contributed by atoms with Crippen LogP contribution >= 0.6 is 11.3 Å². The van der Waals surface area contributed by atoms with Gasteiger partial charge in [-0.2, -0.15) is 4.31 Å². The van der Waals surface area contributed by atoms with Gasteiger partial charge in [-0.3, -0.25) is 14.9 Å². The second kappa shape index (κ2) is 9.86. The molecule has 0 bridgehead atoms. The molecule has 11 heteroatoms. The van der Waals surface area contributed by atoms with Gasteiger partial charge in [-0.05, 0) is 45.0 Å². The molecule has 168 valence electrons. The van der Waals surface area contributed by atoms with Crippen LogP contribution in [0, 0.1) is 0 Å². The van der Waals surface area contributed by atoms with Crippen molar-refractivity contribution in [1.29, 1.82) is 0 Å². The van der Waals surface area contributed by atoms with Crippen LogP contribution < -0.4 is 5.32 Å². The highest BCUT2D eigenvalue weighted by Crippen LogP contribution is 2.22. The van der Waals surface area contributed by atoms with Gasteiger partial charge in [-0.15, -0.1) is 11.3 Å². The molecule has 1 aromatic heterocycles. The van der Waals surface area contributed by atoms with E-state index >= 15 is 0 Å². The number of rotatable bonds is 7. The van der Waals surface area contributed by atoms with Crippen LogP contribution in [0.3, 0.4) is 0 Å². The minimum absolute atomic E-state index is 0.0333. The van der Waals surface area contributed by atoms with Gasteiger partial charge in [-0.1, -0.05) is 0 Å². The van der Waals surface area contributed by atoms with E-state index in [1.54, 1.807) is 12.3 Å². The molecule has 1 N–H and O–H groups in total. The first-order chi connectivity index (χ1) is 14.7. The Kier molecular flexibility index (Phi) is 7.42. The Bertz CT molecular complexity index is 1030. The zero-order chi connectivity index (χ0) is 22.6. The van der Waals surface area contributed by atoms with E-state index in [0.29, 0.717) is 23.0 Å². The number of thiazole rings is 1. The Morgan fingerprint density at radius 2 is 1.87 bits per heavy atom. The van der Waals surface area contributed by atoms with Gasteiger partial charge in [0.05, 0.1) is 35.8 Å². The Morgan fingerprint density at radius 1 is 1.23 bits per heavy atom. The third kappa shape index (κ3) is 5.88. The quantitative estimate of drug-likeness (QED) is 0.621. The van der Waals surface area contributed by atoms with Crippen LogP contribution in [0.4, 0.5) is 5.13 Å². The molecule has 1 aromatic carbocycles. The Morgan fingerprint density at radius 3 is 2.48 bits per heavy atom. The molecular weight excluding hydrogens is 442 g/mol. The number of aromatic nitrogens is 1. The number of amides is 1. The maximum atomic E-state index is 12.9. The normalized spacial score (nSPS) is 19.7. The summed E-state index contributed by atoms with van der Waals surface area (Å²) in [5.41, 5.74) is 0.805. The van der Waals surface area contributed by atoms with Crippen LogP contribution in [-0.4, -0.2) is 61.5 Å². The molecular formula is C20H25N3O6S2. The van der Waals surface area contributed by atoms with E-state index in [1.165, 1.54) is 39.9 Å². The van der Waals surface area contributed by atoms with Gasteiger partial charge in [-0.25, -0.2) is 13.4 Å². The average Bonchev–Trinajstić information content (AvgIpc) is 3.14. The number of carbonyl (C=O) groups excluding carboxylic acids is 2. The lowest BCUT2D eigenvalue weighted by molar-refractivity contribution is -0.142. The third-order valence-electron chi connectivity index (χ3n) is 4.54. The number of nitrogens with one attached hydrogen (secondary N) is 1. The zero-order valence-electron chi connectivity index (χ0n) is 17.5. The smallest absolute Gasteiger partial charge is 0.311 e. The molecule has 0 aliphatic carbocycles. The lowest BCUT2D eigenvalue weighted by atomic mass is 10.2. The molecule has 2 atom stereocenters. The first-order valence-electron chi connectivity index (χ1n) is 9.86. The zero-order valence-corrected chi connectivity index (χ0v) is 19.2. The van der Waals surface area contributed by atoms with Gasteiger partial charge in [0.2, 0.25) is 10.0 Å². The number of morpholine rings is 1. The molecule has 1 aliphatic heterocycles. The molecule has 2 heterocycles. The van der Waals surface area contributed by atoms with Crippen molar-refractivity contribution >= 4 is 38.4 Å². The number of carbonyl (C=O) groups is 2. The van der Waals surface area contributed by atoms with Gasteiger partial charge in [0.15, 0.2) is 5.13 Å². The summed E-state index contributed by atoms with van der Waals surface area (Å²) in [5, 5.41) is 4.67. The molecule has 0 unspecified atom stereocenters. The summed E-state index contributed by atoms with van der Waals surface area (Å²) in [7, 11) is -3.67. The van der Waals surface area contributed by atoms with E-state index in [9.17, 15) is 18.0 Å². The fourth-order valence-corrected chi connectivity index (χ4v) is 5.52. The Hall–Kier alpha value is -2.34. The molecule has 0 spiro atoms. The summed E-state index contributed by atoms with van der Waals surface area (Å²) in [5.74, 6) is -0.805. The molecule has 9 nitrogen and oxygen atoms in total. The van der Waals surface area contributed by atoms with E-state index in [2.05, 4.69) is 10.3 Å². The lowest BCUT2D eigenvalue weighted by Crippen LogP contribution is -2.48. The molecule has 1 saturated heterocycles. The standard InChI is InChI=1S/C20H25N3O6S2/c1-4-28-18(24)9-16-12-30-20(21-16)22-19(25)15-5-7-17(8-6-15)31(26,27)23-10-13(2)29-14(3)11-23/h5-8,12-14H,4,9-11H2,1-3H3,(H,21,22,25)/t13-,14-/m1/s1. The third-order valence-corrected chi connectivity index (χ3v) is 7.20. The Labute approximate surface area is 185 Å². The van der Waals surface area contributed by atoms with Gasteiger partial charge < -0.3 is 9.47 Å². The van der Waals surface area contributed by atoms with E-state index in [1.807, 2.05) is 13.8 Å². The molecule has 1 amide bonds. The highest BCUT2D eigenvalue weighted by atomic mass is 32.2. The van der Waals surface area contributed by atoms with Crippen molar-refractivity contribution in [2.75, 3.05) is 25.0 Å². The second-order valence-corrected chi connectivity index (χ2v) is 9.98. The largest absolute Gasteiger partial charge is 0.466 e. The van der Waals surface area contributed by atoms with Crippen molar-refractivity contribution in [2.24, 2.45) is 0 Å². The topological polar surface area (TPSA) is 115 Å². The van der Waals surface area contributed by atoms with Gasteiger partial charge in [0, 0.05) is 24.0 Å². The van der Waals surface area contributed by atoms with Crippen molar-refractivity contribution in [3.63, 3.8) is 0 Å². The molecule has 0 radical (unpaired) electrons.